The molecule has 32 heavy (non-hydrogen) atoms. The Labute approximate surface area is 183 Å². The van der Waals surface area contributed by atoms with E-state index in [1.165, 1.54) is 24.7 Å². The van der Waals surface area contributed by atoms with Gasteiger partial charge in [0, 0.05) is 0 Å². The first-order valence-electron chi connectivity index (χ1n) is 9.64. The van der Waals surface area contributed by atoms with E-state index in [9.17, 15) is 14.7 Å². The largest absolute Gasteiger partial charge is 0.508 e. The first-order chi connectivity index (χ1) is 15.6. The lowest BCUT2D eigenvalue weighted by Gasteiger charge is -2.09. The number of benzene rings is 2. The smallest absolute Gasteiger partial charge is 0.379 e. The second-order valence-electron chi connectivity index (χ2n) is 6.76. The van der Waals surface area contributed by atoms with Gasteiger partial charge in [0.05, 0.1) is 12.5 Å². The fraction of sp³-hybridized carbons (Fsp3) is 0.0400. The number of furan rings is 2. The Morgan fingerprint density at radius 2 is 1.47 bits per heavy atom. The van der Waals surface area contributed by atoms with Gasteiger partial charge < -0.3 is 23.4 Å². The van der Waals surface area contributed by atoms with E-state index < -0.39 is 11.9 Å². The van der Waals surface area contributed by atoms with Crippen molar-refractivity contribution in [3.63, 3.8) is 0 Å². The number of carbonyl (C=O) groups excluding carboxylic acids is 2. The third-order valence-corrected chi connectivity index (χ3v) is 4.38. The van der Waals surface area contributed by atoms with Crippen LogP contribution in [0.3, 0.4) is 0 Å². The topological polar surface area (TPSA) is 99.1 Å². The fourth-order valence-corrected chi connectivity index (χ4v) is 2.87. The number of ether oxygens (including phenoxy) is 2. The Morgan fingerprint density at radius 3 is 2.12 bits per heavy atom. The van der Waals surface area contributed by atoms with E-state index in [0.717, 1.165) is 5.56 Å². The number of hydrogen-bond acceptors (Lipinski definition) is 7. The summed E-state index contributed by atoms with van der Waals surface area (Å²) in [6.45, 7) is -0.0499. The summed E-state index contributed by atoms with van der Waals surface area (Å²) in [5.41, 5.74) is 2.19. The molecule has 4 aromatic rings. The van der Waals surface area contributed by atoms with Gasteiger partial charge in [0.1, 0.15) is 18.1 Å². The van der Waals surface area contributed by atoms with Crippen LogP contribution in [0, 0.1) is 0 Å². The van der Waals surface area contributed by atoms with Gasteiger partial charge in [-0.15, -0.1) is 0 Å². The molecule has 2 aromatic carbocycles. The number of hydrogen-bond donors (Lipinski definition) is 1. The van der Waals surface area contributed by atoms with E-state index in [1.807, 2.05) is 12.2 Å². The monoisotopic (exact) mass is 430 g/mol. The number of phenolic OH excluding ortho intramolecular Hbond substituents is 1. The highest BCUT2D eigenvalue weighted by atomic mass is 16.6. The van der Waals surface area contributed by atoms with Crippen molar-refractivity contribution >= 4 is 24.1 Å². The Balaban J connectivity index is 1.56. The number of carbonyl (C=O) groups is 2. The van der Waals surface area contributed by atoms with Crippen LogP contribution in [-0.4, -0.2) is 17.0 Å². The molecule has 0 amide bonds. The number of aromatic hydroxyl groups is 1. The molecule has 0 bridgehead atoms. The van der Waals surface area contributed by atoms with E-state index in [-0.39, 0.29) is 29.6 Å². The molecular weight excluding hydrogens is 412 g/mol. The van der Waals surface area contributed by atoms with Gasteiger partial charge in [0.25, 0.3) is 0 Å². The van der Waals surface area contributed by atoms with Crippen LogP contribution in [0.2, 0.25) is 0 Å². The minimum absolute atomic E-state index is 0.0499. The van der Waals surface area contributed by atoms with Crippen molar-refractivity contribution in [3.05, 3.63) is 107 Å². The van der Waals surface area contributed by atoms with Crippen molar-refractivity contribution < 1.29 is 33.0 Å². The van der Waals surface area contributed by atoms with Crippen molar-refractivity contribution in [2.45, 2.75) is 6.61 Å². The SMILES string of the molecule is O=C(OCc1cc(/C=C/c2ccc(O)cc2)cc(OC(=O)c2ccco2)c1)c1ccco1. The van der Waals surface area contributed by atoms with Crippen LogP contribution in [0.15, 0.2) is 88.1 Å². The first kappa shape index (κ1) is 20.7. The zero-order chi connectivity index (χ0) is 22.3. The van der Waals surface area contributed by atoms with E-state index in [4.69, 9.17) is 18.3 Å². The standard InChI is InChI=1S/C25H18O7/c26-20-9-7-17(8-10-20)5-6-18-13-19(16-31-24(27)22-3-1-11-29-22)15-21(14-18)32-25(28)23-4-2-12-30-23/h1-15,26H,16H2/b6-5+. The molecule has 0 aliphatic heterocycles. The highest BCUT2D eigenvalue weighted by Crippen LogP contribution is 2.22. The highest BCUT2D eigenvalue weighted by Gasteiger charge is 2.14. The molecule has 2 aromatic heterocycles. The lowest BCUT2D eigenvalue weighted by atomic mass is 10.1. The van der Waals surface area contributed by atoms with Gasteiger partial charge in [-0.25, -0.2) is 9.59 Å². The Hall–Kier alpha value is -4.52. The van der Waals surface area contributed by atoms with Crippen molar-refractivity contribution in [2.24, 2.45) is 0 Å². The van der Waals surface area contributed by atoms with Crippen molar-refractivity contribution in [1.82, 2.24) is 0 Å². The third-order valence-electron chi connectivity index (χ3n) is 4.38. The maximum Gasteiger partial charge on any atom is 0.379 e. The molecule has 0 saturated carbocycles. The summed E-state index contributed by atoms with van der Waals surface area (Å²) in [7, 11) is 0. The Morgan fingerprint density at radius 1 is 0.812 bits per heavy atom. The van der Waals surface area contributed by atoms with Gasteiger partial charge in [-0.1, -0.05) is 24.3 Å². The summed E-state index contributed by atoms with van der Waals surface area (Å²) >= 11 is 0. The van der Waals surface area contributed by atoms with Crippen molar-refractivity contribution in [2.75, 3.05) is 0 Å². The van der Waals surface area contributed by atoms with Crippen LogP contribution < -0.4 is 4.74 Å². The molecular formula is C25H18O7. The van der Waals surface area contributed by atoms with Gasteiger partial charge in [-0.05, 0) is 71.3 Å². The normalized spacial score (nSPS) is 10.9. The van der Waals surface area contributed by atoms with Gasteiger partial charge >= 0.3 is 11.9 Å². The van der Waals surface area contributed by atoms with E-state index in [0.29, 0.717) is 11.1 Å². The minimum Gasteiger partial charge on any atom is -0.508 e. The maximum absolute atomic E-state index is 12.3. The zero-order valence-electron chi connectivity index (χ0n) is 16.8. The molecule has 0 saturated heterocycles. The van der Waals surface area contributed by atoms with E-state index >= 15 is 0 Å². The van der Waals surface area contributed by atoms with Crippen molar-refractivity contribution in [1.29, 1.82) is 0 Å². The van der Waals surface area contributed by atoms with Crippen LogP contribution in [0.25, 0.3) is 12.2 Å². The highest BCUT2D eigenvalue weighted by molar-refractivity contribution is 5.88. The van der Waals surface area contributed by atoms with Gasteiger partial charge in [-0.2, -0.15) is 0 Å². The average Bonchev–Trinajstić information content (AvgIpc) is 3.51. The molecule has 0 spiro atoms. The summed E-state index contributed by atoms with van der Waals surface area (Å²) in [6, 6.07) is 18.0. The predicted molar refractivity (Wildman–Crippen MR) is 115 cm³/mol. The van der Waals surface area contributed by atoms with E-state index in [2.05, 4.69) is 0 Å². The van der Waals surface area contributed by atoms with Crippen LogP contribution in [0.1, 0.15) is 37.8 Å². The fourth-order valence-electron chi connectivity index (χ4n) is 2.87. The minimum atomic E-state index is -0.645. The molecule has 7 heteroatoms. The molecule has 7 nitrogen and oxygen atoms in total. The second kappa shape index (κ2) is 9.53. The average molecular weight is 430 g/mol. The lowest BCUT2D eigenvalue weighted by molar-refractivity contribution is 0.0435. The first-order valence-corrected chi connectivity index (χ1v) is 9.64. The van der Waals surface area contributed by atoms with Crippen LogP contribution >= 0.6 is 0 Å². The van der Waals surface area contributed by atoms with Crippen LogP contribution in [-0.2, 0) is 11.3 Å². The van der Waals surface area contributed by atoms with Crippen molar-refractivity contribution in [3.8, 4) is 11.5 Å². The second-order valence-corrected chi connectivity index (χ2v) is 6.76. The summed E-state index contributed by atoms with van der Waals surface area (Å²) in [5.74, 6) is -0.640. The molecule has 0 unspecified atom stereocenters. The lowest BCUT2D eigenvalue weighted by Crippen LogP contribution is -2.08. The zero-order valence-corrected chi connectivity index (χ0v) is 16.8. The number of phenols is 1. The van der Waals surface area contributed by atoms with Crippen LogP contribution in [0.5, 0.6) is 11.5 Å². The van der Waals surface area contributed by atoms with Crippen LogP contribution in [0.4, 0.5) is 0 Å². The molecule has 0 aliphatic rings. The maximum atomic E-state index is 12.3. The Kier molecular flexibility index (Phi) is 6.17. The molecule has 0 aliphatic carbocycles. The predicted octanol–water partition coefficient (Wildman–Crippen LogP) is 5.32. The summed E-state index contributed by atoms with van der Waals surface area (Å²) in [5, 5.41) is 9.42. The molecule has 0 atom stereocenters. The molecule has 0 radical (unpaired) electrons. The molecule has 0 fully saturated rings. The van der Waals surface area contributed by atoms with Gasteiger partial charge in [-0.3, -0.25) is 0 Å². The Bertz CT molecular complexity index is 1220. The summed E-state index contributed by atoms with van der Waals surface area (Å²) in [4.78, 5) is 24.3. The molecule has 4 rings (SSSR count). The molecule has 2 heterocycles. The summed E-state index contributed by atoms with van der Waals surface area (Å²) < 4.78 is 20.8. The van der Waals surface area contributed by atoms with Gasteiger partial charge in [0.15, 0.2) is 0 Å². The summed E-state index contributed by atoms with van der Waals surface area (Å²) in [6.07, 6.45) is 6.42. The quantitative estimate of drug-likeness (QED) is 0.240. The number of esters is 2. The third kappa shape index (κ3) is 5.34. The molecule has 1 N–H and O–H groups in total. The van der Waals surface area contributed by atoms with Gasteiger partial charge in [0.2, 0.25) is 11.5 Å². The van der Waals surface area contributed by atoms with E-state index in [1.54, 1.807) is 54.6 Å². The number of rotatable bonds is 7. The molecule has 160 valence electrons.